The molecule has 1 aromatic rings. The lowest BCUT2D eigenvalue weighted by atomic mass is 10.1. The summed E-state index contributed by atoms with van der Waals surface area (Å²) in [5.41, 5.74) is 0.850. The second-order valence-electron chi connectivity index (χ2n) is 3.62. The summed E-state index contributed by atoms with van der Waals surface area (Å²) >= 11 is 5.42. The fraction of sp³-hybridized carbons (Fsp3) is 0.455. The Bertz CT molecular complexity index is 462. The summed E-state index contributed by atoms with van der Waals surface area (Å²) in [5, 5.41) is 0. The predicted molar refractivity (Wildman–Crippen MR) is 69.1 cm³/mol. The number of alkyl halides is 1. The lowest BCUT2D eigenvalue weighted by molar-refractivity contribution is 0.413. The van der Waals surface area contributed by atoms with E-state index < -0.39 is 10.0 Å². The normalized spacial score (nSPS) is 13.4. The van der Waals surface area contributed by atoms with Crippen molar-refractivity contribution >= 4 is 21.6 Å². The molecule has 0 bridgehead atoms. The second kappa shape index (κ2) is 6.23. The maximum absolute atomic E-state index is 11.5. The van der Waals surface area contributed by atoms with Gasteiger partial charge in [0.2, 0.25) is 10.0 Å². The molecule has 0 heterocycles. The van der Waals surface area contributed by atoms with Gasteiger partial charge in [0.25, 0.3) is 0 Å². The van der Waals surface area contributed by atoms with Crippen LogP contribution in [0.1, 0.15) is 18.5 Å². The van der Waals surface area contributed by atoms with Gasteiger partial charge in [-0.05, 0) is 24.6 Å². The van der Waals surface area contributed by atoms with E-state index in [4.69, 9.17) is 16.3 Å². The number of halogens is 1. The number of nitrogens with one attached hydrogen (secondary N) is 1. The van der Waals surface area contributed by atoms with Gasteiger partial charge in [0, 0.05) is 11.9 Å². The lowest BCUT2D eigenvalue weighted by Gasteiger charge is -2.14. The van der Waals surface area contributed by atoms with Crippen molar-refractivity contribution in [3.63, 3.8) is 0 Å². The molecule has 1 aromatic carbocycles. The maximum atomic E-state index is 11.5. The topological polar surface area (TPSA) is 55.4 Å². The Morgan fingerprint density at radius 3 is 2.76 bits per heavy atom. The molecule has 96 valence electrons. The van der Waals surface area contributed by atoms with E-state index >= 15 is 0 Å². The van der Waals surface area contributed by atoms with Gasteiger partial charge >= 0.3 is 0 Å². The molecule has 0 radical (unpaired) electrons. The van der Waals surface area contributed by atoms with Gasteiger partial charge in [-0.25, -0.2) is 13.1 Å². The Morgan fingerprint density at radius 1 is 1.47 bits per heavy atom. The molecule has 0 saturated heterocycles. The minimum absolute atomic E-state index is 0.0805. The van der Waals surface area contributed by atoms with E-state index in [2.05, 4.69) is 4.72 Å². The third-order valence-corrected chi connectivity index (χ3v) is 4.16. The molecule has 0 spiro atoms. The number of rotatable bonds is 6. The highest BCUT2D eigenvalue weighted by Crippen LogP contribution is 2.19. The van der Waals surface area contributed by atoms with Gasteiger partial charge in [-0.2, -0.15) is 0 Å². The van der Waals surface area contributed by atoms with Crippen LogP contribution >= 0.6 is 11.6 Å². The fourth-order valence-electron chi connectivity index (χ4n) is 1.41. The molecule has 6 heteroatoms. The molecule has 1 atom stereocenters. The molecule has 0 saturated carbocycles. The van der Waals surface area contributed by atoms with Gasteiger partial charge in [0.15, 0.2) is 0 Å². The number of sulfonamides is 1. The van der Waals surface area contributed by atoms with Crippen LogP contribution in [0.4, 0.5) is 0 Å². The highest BCUT2D eigenvalue weighted by molar-refractivity contribution is 7.89. The molecule has 1 N–H and O–H groups in total. The molecular formula is C11H16ClNO3S. The fourth-order valence-corrected chi connectivity index (χ4v) is 3.01. The number of ether oxygens (including phenoxy) is 1. The van der Waals surface area contributed by atoms with Gasteiger partial charge in [-0.1, -0.05) is 12.1 Å². The third-order valence-electron chi connectivity index (χ3n) is 2.30. The first kappa shape index (κ1) is 14.3. The average molecular weight is 278 g/mol. The zero-order valence-corrected chi connectivity index (χ0v) is 11.4. The van der Waals surface area contributed by atoms with Crippen molar-refractivity contribution in [1.29, 1.82) is 0 Å². The summed E-state index contributed by atoms with van der Waals surface area (Å²) in [6.07, 6.45) is 0. The Labute approximate surface area is 107 Å². The van der Waals surface area contributed by atoms with Crippen LogP contribution in [0.15, 0.2) is 24.3 Å². The average Bonchev–Trinajstić information content (AvgIpc) is 2.28. The van der Waals surface area contributed by atoms with E-state index in [1.54, 1.807) is 20.1 Å². The van der Waals surface area contributed by atoms with Crippen LogP contribution in [0.3, 0.4) is 0 Å². The van der Waals surface area contributed by atoms with Crippen molar-refractivity contribution in [3.05, 3.63) is 29.8 Å². The minimum Gasteiger partial charge on any atom is -0.497 e. The van der Waals surface area contributed by atoms with Crippen molar-refractivity contribution in [1.82, 2.24) is 4.72 Å². The van der Waals surface area contributed by atoms with Gasteiger partial charge in [0.1, 0.15) is 5.75 Å². The summed E-state index contributed by atoms with van der Waals surface area (Å²) < 4.78 is 30.7. The van der Waals surface area contributed by atoms with Crippen LogP contribution in [0.2, 0.25) is 0 Å². The second-order valence-corrected chi connectivity index (χ2v) is 5.88. The number of methoxy groups -OCH3 is 1. The van der Waals surface area contributed by atoms with Crippen LogP contribution in [-0.4, -0.2) is 27.2 Å². The SMILES string of the molecule is COc1cccc([C@H](C)NS(=O)(=O)CCCl)c1. The largest absolute Gasteiger partial charge is 0.497 e. The van der Waals surface area contributed by atoms with Crippen LogP contribution < -0.4 is 9.46 Å². The third kappa shape index (κ3) is 4.53. The summed E-state index contributed by atoms with van der Waals surface area (Å²) in [7, 11) is -1.75. The molecule has 0 fully saturated rings. The molecule has 0 aromatic heterocycles. The van der Waals surface area contributed by atoms with E-state index in [1.165, 1.54) is 0 Å². The molecule has 0 unspecified atom stereocenters. The number of benzene rings is 1. The number of hydrogen-bond acceptors (Lipinski definition) is 3. The summed E-state index contributed by atoms with van der Waals surface area (Å²) in [4.78, 5) is 0. The van der Waals surface area contributed by atoms with Crippen molar-refractivity contribution in [2.75, 3.05) is 18.7 Å². The van der Waals surface area contributed by atoms with Crippen LogP contribution in [0, 0.1) is 0 Å². The standard InChI is InChI=1S/C11H16ClNO3S/c1-9(13-17(14,15)7-6-12)10-4-3-5-11(8-10)16-2/h3-5,8-9,13H,6-7H2,1-2H3/t9-/m0/s1. The van der Waals surface area contributed by atoms with Crippen molar-refractivity contribution in [2.24, 2.45) is 0 Å². The summed E-state index contributed by atoms with van der Waals surface area (Å²) in [5.74, 6) is 0.703. The van der Waals surface area contributed by atoms with Crippen molar-refractivity contribution in [3.8, 4) is 5.75 Å². The van der Waals surface area contributed by atoms with Gasteiger partial charge in [-0.3, -0.25) is 0 Å². The van der Waals surface area contributed by atoms with Crippen LogP contribution in [0.5, 0.6) is 5.75 Å². The lowest BCUT2D eigenvalue weighted by Crippen LogP contribution is -2.29. The molecular weight excluding hydrogens is 262 g/mol. The Balaban J connectivity index is 2.79. The molecule has 0 aliphatic heterocycles. The van der Waals surface area contributed by atoms with Crippen molar-refractivity contribution < 1.29 is 13.2 Å². The monoisotopic (exact) mass is 277 g/mol. The first-order valence-corrected chi connectivity index (χ1v) is 7.37. The van der Waals surface area contributed by atoms with E-state index in [0.717, 1.165) is 5.56 Å². The molecule has 1 rings (SSSR count). The highest BCUT2D eigenvalue weighted by atomic mass is 35.5. The molecule has 0 aliphatic rings. The summed E-state index contributed by atoms with van der Waals surface area (Å²) in [6.45, 7) is 1.78. The zero-order chi connectivity index (χ0) is 12.9. The van der Waals surface area contributed by atoms with Crippen LogP contribution in [0.25, 0.3) is 0 Å². The van der Waals surface area contributed by atoms with E-state index in [0.29, 0.717) is 5.75 Å². The molecule has 17 heavy (non-hydrogen) atoms. The molecule has 0 aliphatic carbocycles. The molecule has 0 amide bonds. The Morgan fingerprint density at radius 2 is 2.18 bits per heavy atom. The Kier molecular flexibility index (Phi) is 5.24. The van der Waals surface area contributed by atoms with Gasteiger partial charge in [0.05, 0.1) is 12.9 Å². The summed E-state index contributed by atoms with van der Waals surface area (Å²) in [6, 6.07) is 6.96. The smallest absolute Gasteiger partial charge is 0.213 e. The van der Waals surface area contributed by atoms with Gasteiger partial charge < -0.3 is 4.74 Å². The first-order valence-electron chi connectivity index (χ1n) is 5.18. The number of hydrogen-bond donors (Lipinski definition) is 1. The Hall–Kier alpha value is -0.780. The maximum Gasteiger partial charge on any atom is 0.213 e. The van der Waals surface area contributed by atoms with Crippen molar-refractivity contribution in [2.45, 2.75) is 13.0 Å². The van der Waals surface area contributed by atoms with Crippen LogP contribution in [-0.2, 0) is 10.0 Å². The highest BCUT2D eigenvalue weighted by Gasteiger charge is 2.15. The predicted octanol–water partition coefficient (Wildman–Crippen LogP) is 1.91. The minimum atomic E-state index is -3.32. The quantitative estimate of drug-likeness (QED) is 0.808. The molecule has 4 nitrogen and oxygen atoms in total. The van der Waals surface area contributed by atoms with E-state index in [-0.39, 0.29) is 17.7 Å². The van der Waals surface area contributed by atoms with Gasteiger partial charge in [-0.15, -0.1) is 11.6 Å². The van der Waals surface area contributed by atoms with E-state index in [1.807, 2.05) is 18.2 Å². The first-order chi connectivity index (χ1) is 7.98. The zero-order valence-electron chi connectivity index (χ0n) is 9.81. The van der Waals surface area contributed by atoms with E-state index in [9.17, 15) is 8.42 Å².